The van der Waals surface area contributed by atoms with Gasteiger partial charge in [0, 0.05) is 0 Å². The van der Waals surface area contributed by atoms with Crippen LogP contribution in [0.1, 0.15) is 224 Å². The summed E-state index contributed by atoms with van der Waals surface area (Å²) in [4.78, 5) is 0. The first-order valence-corrected chi connectivity index (χ1v) is 35.9. The molecular formula is C84H114O6. The zero-order valence-corrected chi connectivity index (χ0v) is 56.8. The molecule has 0 bridgehead atoms. The number of ether oxygens (including phenoxy) is 6. The molecule has 0 N–H and O–H groups in total. The summed E-state index contributed by atoms with van der Waals surface area (Å²) in [5.41, 5.74) is 17.3. The van der Waals surface area contributed by atoms with Gasteiger partial charge in [-0.25, -0.2) is 0 Å². The first-order valence-electron chi connectivity index (χ1n) is 35.9. The number of benzene rings is 7. The van der Waals surface area contributed by atoms with Crippen molar-refractivity contribution in [2.24, 2.45) is 0 Å². The minimum Gasteiger partial charge on any atom is -0.494 e. The zero-order chi connectivity index (χ0) is 63.1. The quantitative estimate of drug-likeness (QED) is 0.0354. The maximum absolute atomic E-state index is 6.27. The van der Waals surface area contributed by atoms with E-state index in [0.29, 0.717) is 0 Å². The largest absolute Gasteiger partial charge is 0.494 e. The van der Waals surface area contributed by atoms with E-state index in [1.54, 1.807) is 33.4 Å². The van der Waals surface area contributed by atoms with Crippen molar-refractivity contribution in [2.45, 2.75) is 234 Å². The van der Waals surface area contributed by atoms with Gasteiger partial charge in [-0.2, -0.15) is 0 Å². The fourth-order valence-corrected chi connectivity index (χ4v) is 12.3. The topological polar surface area (TPSA) is 55.4 Å². The lowest BCUT2D eigenvalue weighted by atomic mass is 9.76. The second-order valence-electron chi connectivity index (χ2n) is 25.1. The zero-order valence-electron chi connectivity index (χ0n) is 56.8. The number of rotatable bonds is 48. The highest BCUT2D eigenvalue weighted by Crippen LogP contribution is 2.37. The fraction of sp³-hybridized carbons (Fsp3) is 0.500. The standard InChI is InChI=1S/C84H114O6/c1-7-13-19-61-85-73-43-25-67(26-44-73)37-55-79-80(56-38-68-27-45-74(46-28-68)86-62-20-14-8-2)82(58-40-70-31-49-76(50-32-70)88-64-22-16-10-4)84(60-42-72-35-53-78(54-36-72)90-66-24-18-12-6)83(59-41-71-33-51-77(52-34-71)89-65-23-17-11-5)81(79)57-39-69-29-47-75(48-30-69)87-63-21-15-9-3/h25-36,43-54H,7-24,37-42,55-66H2,1-6H3. The van der Waals surface area contributed by atoms with Gasteiger partial charge in [0.1, 0.15) is 34.5 Å². The summed E-state index contributed by atoms with van der Waals surface area (Å²) in [7, 11) is 0. The van der Waals surface area contributed by atoms with Crippen LogP contribution in [0.3, 0.4) is 0 Å². The number of aryl methyl sites for hydroxylation is 6. The molecule has 0 heterocycles. The van der Waals surface area contributed by atoms with Gasteiger partial charge in [-0.15, -0.1) is 0 Å². The van der Waals surface area contributed by atoms with Gasteiger partial charge in [0.05, 0.1) is 39.6 Å². The number of hydrogen-bond donors (Lipinski definition) is 0. The number of unbranched alkanes of at least 4 members (excludes halogenated alkanes) is 12. The van der Waals surface area contributed by atoms with E-state index in [-0.39, 0.29) is 0 Å². The molecule has 7 aromatic rings. The first-order chi connectivity index (χ1) is 44.4. The number of hydrogen-bond acceptors (Lipinski definition) is 6. The predicted octanol–water partition coefficient (Wildman–Crippen LogP) is 21.8. The predicted molar refractivity (Wildman–Crippen MR) is 380 cm³/mol. The SMILES string of the molecule is CCCCCOc1ccc(CCc2c(CCc3ccc(OCCCCC)cc3)c(CCc3ccc(OCCCCC)cc3)c(CCc3ccc(OCCCCC)cc3)c(CCc3ccc(OCCCCC)cc3)c2CCc2ccc(OCCCCC)cc2)cc1. The minimum absolute atomic E-state index is 0.758. The molecule has 0 atom stereocenters. The highest BCUT2D eigenvalue weighted by Gasteiger charge is 2.25. The van der Waals surface area contributed by atoms with E-state index in [2.05, 4.69) is 187 Å². The molecule has 7 aromatic carbocycles. The Hall–Kier alpha value is -6.66. The summed E-state index contributed by atoms with van der Waals surface area (Å²) in [5, 5.41) is 0. The molecule has 6 nitrogen and oxygen atoms in total. The van der Waals surface area contributed by atoms with E-state index < -0.39 is 0 Å². The van der Waals surface area contributed by atoms with E-state index in [1.165, 1.54) is 110 Å². The van der Waals surface area contributed by atoms with E-state index in [9.17, 15) is 0 Å². The van der Waals surface area contributed by atoms with Crippen LogP contribution in [0.5, 0.6) is 34.5 Å². The van der Waals surface area contributed by atoms with E-state index in [4.69, 9.17) is 28.4 Å². The molecule has 0 aliphatic carbocycles. The minimum atomic E-state index is 0.758. The van der Waals surface area contributed by atoms with E-state index >= 15 is 0 Å². The normalized spacial score (nSPS) is 11.3. The molecule has 7 rings (SSSR count). The summed E-state index contributed by atoms with van der Waals surface area (Å²) in [6, 6.07) is 54.2. The summed E-state index contributed by atoms with van der Waals surface area (Å²) in [5.74, 6) is 5.76. The van der Waals surface area contributed by atoms with Crippen molar-refractivity contribution >= 4 is 0 Å². The molecular weight excluding hydrogens is 1100 g/mol. The molecule has 6 heteroatoms. The average molecular weight is 1220 g/mol. The Morgan fingerprint density at radius 2 is 0.300 bits per heavy atom. The van der Waals surface area contributed by atoms with Crippen molar-refractivity contribution in [3.63, 3.8) is 0 Å². The highest BCUT2D eigenvalue weighted by atomic mass is 16.5. The lowest BCUT2D eigenvalue weighted by molar-refractivity contribution is 0.306. The first kappa shape index (κ1) is 70.8. The Balaban J connectivity index is 1.38. The van der Waals surface area contributed by atoms with Crippen LogP contribution in [-0.2, 0) is 77.0 Å². The Labute approximate surface area is 546 Å². The van der Waals surface area contributed by atoms with Gasteiger partial charge in [-0.1, -0.05) is 191 Å². The third kappa shape index (κ3) is 25.6. The second-order valence-corrected chi connectivity index (χ2v) is 25.1. The lowest BCUT2D eigenvalue weighted by Gasteiger charge is -2.28. The van der Waals surface area contributed by atoms with E-state index in [0.717, 1.165) is 190 Å². The highest BCUT2D eigenvalue weighted by molar-refractivity contribution is 5.55. The van der Waals surface area contributed by atoms with Gasteiger partial charge in [-0.05, 0) is 255 Å². The van der Waals surface area contributed by atoms with Crippen molar-refractivity contribution in [3.8, 4) is 34.5 Å². The third-order valence-electron chi connectivity index (χ3n) is 17.8. The summed E-state index contributed by atoms with van der Waals surface area (Å²) in [6.07, 6.45) is 32.0. The maximum Gasteiger partial charge on any atom is 0.119 e. The monoisotopic (exact) mass is 1220 g/mol. The van der Waals surface area contributed by atoms with Crippen molar-refractivity contribution < 1.29 is 28.4 Å². The summed E-state index contributed by atoms with van der Waals surface area (Å²) < 4.78 is 37.6. The molecule has 0 spiro atoms. The van der Waals surface area contributed by atoms with Crippen LogP contribution in [0.4, 0.5) is 0 Å². The van der Waals surface area contributed by atoms with Gasteiger partial charge >= 0.3 is 0 Å². The van der Waals surface area contributed by atoms with Gasteiger partial charge in [0.25, 0.3) is 0 Å². The molecule has 90 heavy (non-hydrogen) atoms. The smallest absolute Gasteiger partial charge is 0.119 e. The van der Waals surface area contributed by atoms with Gasteiger partial charge < -0.3 is 28.4 Å². The summed E-state index contributed by atoms with van der Waals surface area (Å²) >= 11 is 0. The third-order valence-corrected chi connectivity index (χ3v) is 17.8. The van der Waals surface area contributed by atoms with Gasteiger partial charge in [0.15, 0.2) is 0 Å². The van der Waals surface area contributed by atoms with Gasteiger partial charge in [0.2, 0.25) is 0 Å². The van der Waals surface area contributed by atoms with Crippen molar-refractivity contribution in [1.82, 2.24) is 0 Å². The molecule has 0 amide bonds. The molecule has 0 saturated carbocycles. The van der Waals surface area contributed by atoms with Crippen LogP contribution in [0.25, 0.3) is 0 Å². The summed E-state index contributed by atoms with van der Waals surface area (Å²) in [6.45, 7) is 18.0. The molecule has 0 aromatic heterocycles. The maximum atomic E-state index is 6.27. The molecule has 486 valence electrons. The van der Waals surface area contributed by atoms with Crippen molar-refractivity contribution in [1.29, 1.82) is 0 Å². The Kier molecular flexibility index (Phi) is 33.4. The molecule has 0 saturated heterocycles. The fourth-order valence-electron chi connectivity index (χ4n) is 12.3. The van der Waals surface area contributed by atoms with Crippen LogP contribution >= 0.6 is 0 Å². The second kappa shape index (κ2) is 42.4. The molecule has 0 unspecified atom stereocenters. The Morgan fingerprint density at radius 3 is 0.422 bits per heavy atom. The van der Waals surface area contributed by atoms with Crippen LogP contribution in [-0.4, -0.2) is 39.6 Å². The van der Waals surface area contributed by atoms with E-state index in [1.807, 2.05) is 0 Å². The Morgan fingerprint density at radius 1 is 0.167 bits per heavy atom. The van der Waals surface area contributed by atoms with Crippen LogP contribution < -0.4 is 28.4 Å². The van der Waals surface area contributed by atoms with Crippen molar-refractivity contribution in [2.75, 3.05) is 39.6 Å². The average Bonchev–Trinajstić information content (AvgIpc) is 0.805. The van der Waals surface area contributed by atoms with Crippen LogP contribution in [0, 0.1) is 0 Å². The molecule has 0 radical (unpaired) electrons. The molecule has 0 aliphatic rings. The van der Waals surface area contributed by atoms with Gasteiger partial charge in [-0.3, -0.25) is 0 Å². The molecule has 0 aliphatic heterocycles. The van der Waals surface area contributed by atoms with Crippen LogP contribution in [0.2, 0.25) is 0 Å². The Bertz CT molecular complexity index is 2430. The van der Waals surface area contributed by atoms with Crippen LogP contribution in [0.15, 0.2) is 146 Å². The lowest BCUT2D eigenvalue weighted by Crippen LogP contribution is -2.18. The molecule has 0 fully saturated rings. The van der Waals surface area contributed by atoms with Crippen molar-refractivity contribution in [3.05, 3.63) is 212 Å².